The number of amides is 2. The highest BCUT2D eigenvalue weighted by molar-refractivity contribution is 6.30. The molecule has 0 aromatic carbocycles. The van der Waals surface area contributed by atoms with Crippen LogP contribution in [0, 0.1) is 11.3 Å². The first kappa shape index (κ1) is 22.7. The number of anilines is 1. The molecule has 10 heteroatoms. The molecule has 2 atom stereocenters. The lowest BCUT2D eigenvalue weighted by atomic mass is 10.2. The first-order valence-electron chi connectivity index (χ1n) is 9.25. The van der Waals surface area contributed by atoms with Gasteiger partial charge in [-0.25, -0.2) is 14.2 Å². The first-order chi connectivity index (χ1) is 13.6. The molecule has 2 rings (SSSR count). The van der Waals surface area contributed by atoms with Crippen LogP contribution in [0.3, 0.4) is 0 Å². The third-order valence-electron chi connectivity index (χ3n) is 4.11. The molecule has 158 valence electrons. The molecule has 0 unspecified atom stereocenters. The van der Waals surface area contributed by atoms with E-state index in [2.05, 4.69) is 10.3 Å². The summed E-state index contributed by atoms with van der Waals surface area (Å²) in [5.41, 5.74) is -0.740. The lowest BCUT2D eigenvalue weighted by molar-refractivity contribution is -0.132. The van der Waals surface area contributed by atoms with Gasteiger partial charge in [0.05, 0.1) is 17.6 Å². The minimum absolute atomic E-state index is 0.0154. The Kier molecular flexibility index (Phi) is 7.62. The molecule has 29 heavy (non-hydrogen) atoms. The van der Waals surface area contributed by atoms with Crippen molar-refractivity contribution in [2.24, 2.45) is 0 Å². The number of carbonyl (C=O) groups is 2. The Labute approximate surface area is 174 Å². The normalized spacial score (nSPS) is 18.8. The fourth-order valence-electron chi connectivity index (χ4n) is 2.80. The van der Waals surface area contributed by atoms with Crippen LogP contribution in [0.25, 0.3) is 0 Å². The molecule has 1 aromatic heterocycles. The molecule has 1 saturated heterocycles. The van der Waals surface area contributed by atoms with Gasteiger partial charge in [0.15, 0.2) is 0 Å². The molecule has 2 heterocycles. The van der Waals surface area contributed by atoms with Gasteiger partial charge in [-0.2, -0.15) is 5.26 Å². The van der Waals surface area contributed by atoms with E-state index in [1.165, 1.54) is 16.0 Å². The Bertz CT molecular complexity index is 763. The van der Waals surface area contributed by atoms with Gasteiger partial charge in [-0.05, 0) is 32.9 Å². The van der Waals surface area contributed by atoms with E-state index >= 15 is 0 Å². The average molecular weight is 426 g/mol. The van der Waals surface area contributed by atoms with Gasteiger partial charge in [0.25, 0.3) is 0 Å². The van der Waals surface area contributed by atoms with E-state index < -0.39 is 29.8 Å². The molecule has 0 aliphatic carbocycles. The predicted octanol–water partition coefficient (Wildman–Crippen LogP) is 2.85. The van der Waals surface area contributed by atoms with Crippen molar-refractivity contribution >= 4 is 29.4 Å². The van der Waals surface area contributed by atoms with Gasteiger partial charge in [-0.1, -0.05) is 11.6 Å². The topological polar surface area (TPSA) is 98.6 Å². The second kappa shape index (κ2) is 9.74. The number of likely N-dealkylation sites (tertiary alicyclic amines) is 1. The molecule has 2 amide bonds. The first-order valence-corrected chi connectivity index (χ1v) is 9.63. The van der Waals surface area contributed by atoms with Crippen LogP contribution in [-0.4, -0.2) is 70.8 Å². The number of hydrogen-bond acceptors (Lipinski definition) is 6. The second-order valence-corrected chi connectivity index (χ2v) is 8.15. The lowest BCUT2D eigenvalue weighted by Crippen LogP contribution is -2.47. The van der Waals surface area contributed by atoms with Crippen molar-refractivity contribution in [3.63, 3.8) is 0 Å². The zero-order valence-corrected chi connectivity index (χ0v) is 17.4. The zero-order chi connectivity index (χ0) is 21.6. The van der Waals surface area contributed by atoms with Crippen LogP contribution in [0.1, 0.15) is 27.2 Å². The number of alkyl halides is 1. The minimum atomic E-state index is -1.24. The Balaban J connectivity index is 2.02. The molecule has 0 saturated carbocycles. The van der Waals surface area contributed by atoms with Crippen molar-refractivity contribution in [3.05, 3.63) is 23.4 Å². The van der Waals surface area contributed by atoms with Crippen LogP contribution in [0.4, 0.5) is 15.0 Å². The number of nitrogens with zero attached hydrogens (tertiary/aromatic N) is 4. The molecular weight excluding hydrogens is 401 g/mol. The van der Waals surface area contributed by atoms with Crippen molar-refractivity contribution in [3.8, 4) is 6.07 Å². The highest BCUT2D eigenvalue weighted by Crippen LogP contribution is 2.20. The van der Waals surface area contributed by atoms with Crippen molar-refractivity contribution < 1.29 is 18.7 Å². The highest BCUT2D eigenvalue weighted by atomic mass is 35.5. The third-order valence-corrected chi connectivity index (χ3v) is 4.34. The number of rotatable bonds is 6. The SMILES string of the molecule is CC(C)(C)OC(=O)N(CCNc1ccc(Cl)cn1)CC(=O)N1C[C@@H](F)C[C@H]1C#N. The van der Waals surface area contributed by atoms with Crippen molar-refractivity contribution in [1.82, 2.24) is 14.8 Å². The number of ether oxygens (including phenoxy) is 1. The summed E-state index contributed by atoms with van der Waals surface area (Å²) in [6, 6.07) is 4.47. The largest absolute Gasteiger partial charge is 0.444 e. The molecule has 0 radical (unpaired) electrons. The lowest BCUT2D eigenvalue weighted by Gasteiger charge is -2.29. The summed E-state index contributed by atoms with van der Waals surface area (Å²) in [4.78, 5) is 31.7. The predicted molar refractivity (Wildman–Crippen MR) is 106 cm³/mol. The Hall–Kier alpha value is -2.60. The van der Waals surface area contributed by atoms with Crippen molar-refractivity contribution in [2.45, 2.75) is 45.0 Å². The van der Waals surface area contributed by atoms with E-state index in [1.807, 2.05) is 6.07 Å². The number of aromatic nitrogens is 1. The Morgan fingerprint density at radius 3 is 2.79 bits per heavy atom. The van der Waals surface area contributed by atoms with E-state index in [9.17, 15) is 14.0 Å². The van der Waals surface area contributed by atoms with E-state index in [1.54, 1.807) is 32.9 Å². The van der Waals surface area contributed by atoms with Crippen LogP contribution >= 0.6 is 11.6 Å². The van der Waals surface area contributed by atoms with Crippen LogP contribution in [0.15, 0.2) is 18.3 Å². The van der Waals surface area contributed by atoms with Gasteiger partial charge in [-0.15, -0.1) is 0 Å². The maximum absolute atomic E-state index is 13.6. The van der Waals surface area contributed by atoms with Crippen molar-refractivity contribution in [1.29, 1.82) is 5.26 Å². The van der Waals surface area contributed by atoms with E-state index in [0.29, 0.717) is 17.4 Å². The summed E-state index contributed by atoms with van der Waals surface area (Å²) >= 11 is 5.80. The summed E-state index contributed by atoms with van der Waals surface area (Å²) < 4.78 is 19.0. The van der Waals surface area contributed by atoms with Gasteiger partial charge in [0.2, 0.25) is 5.91 Å². The monoisotopic (exact) mass is 425 g/mol. The van der Waals surface area contributed by atoms with Crippen LogP contribution in [-0.2, 0) is 9.53 Å². The molecule has 1 aromatic rings. The molecule has 1 aliphatic heterocycles. The fourth-order valence-corrected chi connectivity index (χ4v) is 2.91. The highest BCUT2D eigenvalue weighted by Gasteiger charge is 2.36. The van der Waals surface area contributed by atoms with E-state index in [0.717, 1.165) is 0 Å². The molecule has 0 bridgehead atoms. The third kappa shape index (κ3) is 7.06. The summed E-state index contributed by atoms with van der Waals surface area (Å²) in [6.07, 6.45) is -0.433. The molecule has 1 N–H and O–H groups in total. The second-order valence-electron chi connectivity index (χ2n) is 7.71. The van der Waals surface area contributed by atoms with Crippen LogP contribution in [0.5, 0.6) is 0 Å². The minimum Gasteiger partial charge on any atom is -0.444 e. The van der Waals surface area contributed by atoms with Gasteiger partial charge < -0.3 is 15.0 Å². The average Bonchev–Trinajstić information content (AvgIpc) is 3.02. The number of nitrogens with one attached hydrogen (secondary N) is 1. The zero-order valence-electron chi connectivity index (χ0n) is 16.7. The quantitative estimate of drug-likeness (QED) is 0.752. The standard InChI is InChI=1S/C19H25ClFN5O3/c1-19(2,3)29-18(28)25(7-6-23-16-5-4-13(20)10-24-16)12-17(27)26-11-14(21)8-15(26)9-22/h4-5,10,14-15H,6-8,11-12H2,1-3H3,(H,23,24)/t14-,15-/m0/s1. The van der Waals surface area contributed by atoms with Crippen molar-refractivity contribution in [2.75, 3.05) is 31.5 Å². The summed E-state index contributed by atoms with van der Waals surface area (Å²) in [5.74, 6) is 0.0707. The van der Waals surface area contributed by atoms with E-state index in [4.69, 9.17) is 21.6 Å². The maximum Gasteiger partial charge on any atom is 0.410 e. The summed E-state index contributed by atoms with van der Waals surface area (Å²) in [6.45, 7) is 5.16. The maximum atomic E-state index is 13.6. The van der Waals surface area contributed by atoms with Gasteiger partial charge in [0.1, 0.15) is 30.2 Å². The van der Waals surface area contributed by atoms with Gasteiger partial charge in [0, 0.05) is 25.7 Å². The number of hydrogen-bond donors (Lipinski definition) is 1. The molecule has 0 spiro atoms. The Morgan fingerprint density at radius 1 is 1.48 bits per heavy atom. The fraction of sp³-hybridized carbons (Fsp3) is 0.579. The van der Waals surface area contributed by atoms with Crippen LogP contribution < -0.4 is 5.32 Å². The number of halogens is 2. The smallest absolute Gasteiger partial charge is 0.410 e. The Morgan fingerprint density at radius 2 is 2.21 bits per heavy atom. The number of carbonyl (C=O) groups excluding carboxylic acids is 2. The van der Waals surface area contributed by atoms with E-state index in [-0.39, 0.29) is 26.1 Å². The number of nitriles is 1. The van der Waals surface area contributed by atoms with Gasteiger partial charge >= 0.3 is 6.09 Å². The van der Waals surface area contributed by atoms with Crippen LogP contribution in [0.2, 0.25) is 5.02 Å². The number of pyridine rings is 1. The summed E-state index contributed by atoms with van der Waals surface area (Å²) in [7, 11) is 0. The molecule has 1 aliphatic rings. The summed E-state index contributed by atoms with van der Waals surface area (Å²) in [5, 5.41) is 12.7. The molecule has 1 fully saturated rings. The van der Waals surface area contributed by atoms with Gasteiger partial charge in [-0.3, -0.25) is 9.69 Å². The molecular formula is C19H25ClFN5O3. The molecule has 8 nitrogen and oxygen atoms in total.